The topological polar surface area (TPSA) is 55.0 Å². The van der Waals surface area contributed by atoms with Gasteiger partial charge in [-0.1, -0.05) is 28.1 Å². The van der Waals surface area contributed by atoms with Crippen LogP contribution in [0.15, 0.2) is 34.9 Å². The highest BCUT2D eigenvalue weighted by Gasteiger charge is 2.15. The van der Waals surface area contributed by atoms with Crippen molar-refractivity contribution < 1.29 is 0 Å². The second-order valence-corrected chi connectivity index (χ2v) is 5.94. The lowest BCUT2D eigenvalue weighted by Gasteiger charge is -2.26. The average Bonchev–Trinajstić information content (AvgIpc) is 2.49. The molecule has 3 rings (SSSR count). The highest BCUT2D eigenvalue weighted by Crippen LogP contribution is 2.27. The molecule has 0 aliphatic carbocycles. The molecule has 0 atom stereocenters. The fourth-order valence-electron chi connectivity index (χ4n) is 2.48. The lowest BCUT2D eigenvalue weighted by molar-refractivity contribution is 0.568. The van der Waals surface area contributed by atoms with Gasteiger partial charge in [0.05, 0.1) is 0 Å². The Morgan fingerprint density at radius 3 is 2.40 bits per heavy atom. The van der Waals surface area contributed by atoms with Gasteiger partial charge in [0.2, 0.25) is 5.95 Å². The van der Waals surface area contributed by atoms with Crippen molar-refractivity contribution in [2.45, 2.75) is 19.3 Å². The van der Waals surface area contributed by atoms with Crippen LogP contribution in [0.3, 0.4) is 0 Å². The molecule has 104 valence electrons. The van der Waals surface area contributed by atoms with Crippen molar-refractivity contribution in [2.75, 3.05) is 23.7 Å². The Morgan fingerprint density at radius 2 is 1.75 bits per heavy atom. The number of anilines is 2. The largest absolute Gasteiger partial charge is 0.383 e. The number of aromatic nitrogens is 2. The molecule has 0 amide bonds. The number of benzene rings is 1. The molecule has 0 saturated carbocycles. The molecule has 2 aromatic rings. The summed E-state index contributed by atoms with van der Waals surface area (Å²) in [6.07, 6.45) is 5.54. The number of nitrogens with two attached hydrogens (primary N) is 1. The van der Waals surface area contributed by atoms with Crippen LogP contribution in [0.4, 0.5) is 11.8 Å². The van der Waals surface area contributed by atoms with Crippen molar-refractivity contribution >= 4 is 27.7 Å². The Bertz CT molecular complexity index is 591. The first kappa shape index (κ1) is 13.4. The SMILES string of the molecule is Nc1nc(N2CCCCC2)ncc1-c1ccc(Br)cc1. The van der Waals surface area contributed by atoms with Gasteiger partial charge < -0.3 is 10.6 Å². The molecular weight excluding hydrogens is 316 g/mol. The van der Waals surface area contributed by atoms with E-state index in [0.29, 0.717) is 5.82 Å². The second kappa shape index (κ2) is 5.79. The Balaban J connectivity index is 1.88. The molecule has 1 saturated heterocycles. The van der Waals surface area contributed by atoms with Gasteiger partial charge in [-0.15, -0.1) is 0 Å². The van der Waals surface area contributed by atoms with Gasteiger partial charge in [0, 0.05) is 29.3 Å². The molecule has 20 heavy (non-hydrogen) atoms. The van der Waals surface area contributed by atoms with Gasteiger partial charge in [0.25, 0.3) is 0 Å². The van der Waals surface area contributed by atoms with Crippen molar-refractivity contribution in [3.63, 3.8) is 0 Å². The predicted molar refractivity (Wildman–Crippen MR) is 85.6 cm³/mol. The zero-order valence-electron chi connectivity index (χ0n) is 11.2. The lowest BCUT2D eigenvalue weighted by atomic mass is 10.1. The summed E-state index contributed by atoms with van der Waals surface area (Å²) in [5, 5.41) is 0. The Morgan fingerprint density at radius 1 is 1.05 bits per heavy atom. The van der Waals surface area contributed by atoms with Gasteiger partial charge in [-0.3, -0.25) is 0 Å². The van der Waals surface area contributed by atoms with Crippen LogP contribution in [0, 0.1) is 0 Å². The van der Waals surface area contributed by atoms with Crippen LogP contribution < -0.4 is 10.6 Å². The minimum absolute atomic E-state index is 0.544. The Kier molecular flexibility index (Phi) is 3.87. The van der Waals surface area contributed by atoms with Crippen molar-refractivity contribution in [2.24, 2.45) is 0 Å². The summed E-state index contributed by atoms with van der Waals surface area (Å²) in [5.41, 5.74) is 8.03. The first-order valence-electron chi connectivity index (χ1n) is 6.87. The van der Waals surface area contributed by atoms with Gasteiger partial charge in [0.15, 0.2) is 0 Å². The number of halogens is 1. The molecule has 2 N–H and O–H groups in total. The summed E-state index contributed by atoms with van der Waals surface area (Å²) in [6.45, 7) is 2.05. The van der Waals surface area contributed by atoms with Crippen LogP contribution >= 0.6 is 15.9 Å². The second-order valence-electron chi connectivity index (χ2n) is 5.02. The van der Waals surface area contributed by atoms with Crippen molar-refractivity contribution in [1.29, 1.82) is 0 Å². The summed E-state index contributed by atoms with van der Waals surface area (Å²) in [7, 11) is 0. The standard InChI is InChI=1S/C15H17BrN4/c16-12-6-4-11(5-7-12)13-10-18-15(19-14(13)17)20-8-2-1-3-9-20/h4-7,10H,1-3,8-9H2,(H2,17,18,19). The first-order valence-corrected chi connectivity index (χ1v) is 7.67. The number of hydrogen-bond acceptors (Lipinski definition) is 4. The van der Waals surface area contributed by atoms with Crippen LogP contribution in [0.25, 0.3) is 11.1 Å². The quantitative estimate of drug-likeness (QED) is 0.914. The summed E-state index contributed by atoms with van der Waals surface area (Å²) < 4.78 is 1.05. The van der Waals surface area contributed by atoms with Crippen LogP contribution in [0.5, 0.6) is 0 Å². The summed E-state index contributed by atoms with van der Waals surface area (Å²) in [4.78, 5) is 11.2. The van der Waals surface area contributed by atoms with E-state index in [1.807, 2.05) is 30.5 Å². The molecule has 4 nitrogen and oxygen atoms in total. The molecule has 1 aliphatic heterocycles. The first-order chi connectivity index (χ1) is 9.74. The number of rotatable bonds is 2. The van der Waals surface area contributed by atoms with Crippen molar-refractivity contribution in [3.8, 4) is 11.1 Å². The Labute approximate surface area is 127 Å². The lowest BCUT2D eigenvalue weighted by Crippen LogP contribution is -2.31. The third-order valence-corrected chi connectivity index (χ3v) is 4.13. The number of nitrogen functional groups attached to an aromatic ring is 1. The van der Waals surface area contributed by atoms with Gasteiger partial charge in [-0.25, -0.2) is 4.98 Å². The fourth-order valence-corrected chi connectivity index (χ4v) is 2.75. The minimum Gasteiger partial charge on any atom is -0.383 e. The Hall–Kier alpha value is -1.62. The van der Waals surface area contributed by atoms with Gasteiger partial charge in [-0.05, 0) is 37.0 Å². The smallest absolute Gasteiger partial charge is 0.227 e. The average molecular weight is 333 g/mol. The third kappa shape index (κ3) is 2.77. The van der Waals surface area contributed by atoms with E-state index in [0.717, 1.165) is 34.6 Å². The highest BCUT2D eigenvalue weighted by molar-refractivity contribution is 9.10. The van der Waals surface area contributed by atoms with Gasteiger partial charge in [0.1, 0.15) is 5.82 Å². The molecule has 1 fully saturated rings. The van der Waals surface area contributed by atoms with E-state index in [1.165, 1.54) is 19.3 Å². The third-order valence-electron chi connectivity index (χ3n) is 3.60. The van der Waals surface area contributed by atoms with Gasteiger partial charge >= 0.3 is 0 Å². The molecule has 0 unspecified atom stereocenters. The molecule has 0 bridgehead atoms. The molecule has 0 spiro atoms. The fraction of sp³-hybridized carbons (Fsp3) is 0.333. The zero-order chi connectivity index (χ0) is 13.9. The number of piperidine rings is 1. The van der Waals surface area contributed by atoms with Gasteiger partial charge in [-0.2, -0.15) is 4.98 Å². The molecule has 1 aromatic heterocycles. The highest BCUT2D eigenvalue weighted by atomic mass is 79.9. The van der Waals surface area contributed by atoms with E-state index in [1.54, 1.807) is 0 Å². The molecule has 1 aliphatic rings. The van der Waals surface area contributed by atoms with Crippen LogP contribution in [0.1, 0.15) is 19.3 Å². The maximum atomic E-state index is 6.11. The van der Waals surface area contributed by atoms with E-state index in [4.69, 9.17) is 5.73 Å². The molecule has 0 radical (unpaired) electrons. The van der Waals surface area contributed by atoms with E-state index in [9.17, 15) is 0 Å². The molecule has 1 aromatic carbocycles. The maximum Gasteiger partial charge on any atom is 0.227 e. The molecule has 5 heteroatoms. The van der Waals surface area contributed by atoms with Crippen molar-refractivity contribution in [3.05, 3.63) is 34.9 Å². The normalized spacial score (nSPS) is 15.3. The zero-order valence-corrected chi connectivity index (χ0v) is 12.8. The van der Waals surface area contributed by atoms with E-state index >= 15 is 0 Å². The summed E-state index contributed by atoms with van der Waals surface area (Å²) >= 11 is 3.43. The predicted octanol–water partition coefficient (Wildman–Crippen LogP) is 3.48. The number of hydrogen-bond donors (Lipinski definition) is 1. The minimum atomic E-state index is 0.544. The summed E-state index contributed by atoms with van der Waals surface area (Å²) in [6, 6.07) is 8.01. The van der Waals surface area contributed by atoms with Crippen LogP contribution in [0.2, 0.25) is 0 Å². The van der Waals surface area contributed by atoms with E-state index in [2.05, 4.69) is 30.8 Å². The molecule has 2 heterocycles. The molecular formula is C15H17BrN4. The monoisotopic (exact) mass is 332 g/mol. The summed E-state index contributed by atoms with van der Waals surface area (Å²) in [5.74, 6) is 1.30. The van der Waals surface area contributed by atoms with Crippen molar-refractivity contribution in [1.82, 2.24) is 9.97 Å². The van der Waals surface area contributed by atoms with E-state index < -0.39 is 0 Å². The van der Waals surface area contributed by atoms with Crippen LogP contribution in [-0.2, 0) is 0 Å². The van der Waals surface area contributed by atoms with Crippen LogP contribution in [-0.4, -0.2) is 23.1 Å². The van der Waals surface area contributed by atoms with E-state index in [-0.39, 0.29) is 0 Å². The maximum absolute atomic E-state index is 6.11. The number of nitrogens with zero attached hydrogens (tertiary/aromatic N) is 3.